The van der Waals surface area contributed by atoms with Crippen molar-refractivity contribution in [1.29, 1.82) is 0 Å². The van der Waals surface area contributed by atoms with Gasteiger partial charge in [-0.25, -0.2) is 4.98 Å². The van der Waals surface area contributed by atoms with Crippen LogP contribution in [0.2, 0.25) is 0 Å². The Balaban J connectivity index is 2.05. The average Bonchev–Trinajstić information content (AvgIpc) is 2.76. The summed E-state index contributed by atoms with van der Waals surface area (Å²) in [5.41, 5.74) is 1.05. The number of hydrogen-bond donors (Lipinski definition) is 1. The minimum absolute atomic E-state index is 0.523. The summed E-state index contributed by atoms with van der Waals surface area (Å²) in [4.78, 5) is 6.84. The maximum Gasteiger partial charge on any atom is 0.203 e. The minimum Gasteiger partial charge on any atom is -0.352 e. The second kappa shape index (κ2) is 4.70. The van der Waals surface area contributed by atoms with Gasteiger partial charge in [-0.3, -0.25) is 0 Å². The molecule has 88 valence electrons. The molecule has 0 radical (unpaired) electrons. The van der Waals surface area contributed by atoms with Crippen LogP contribution in [0.5, 0.6) is 0 Å². The molecule has 16 heavy (non-hydrogen) atoms. The zero-order valence-corrected chi connectivity index (χ0v) is 10.1. The summed E-state index contributed by atoms with van der Waals surface area (Å²) in [7, 11) is 2.16. The molecule has 1 atom stereocenters. The Morgan fingerprint density at radius 3 is 3.12 bits per heavy atom. The first-order valence-electron chi connectivity index (χ1n) is 5.79. The summed E-state index contributed by atoms with van der Waals surface area (Å²) in [6.45, 7) is 8.86. The van der Waals surface area contributed by atoms with Crippen LogP contribution in [0, 0.1) is 6.92 Å². The highest BCUT2D eigenvalue weighted by atomic mass is 15.2. The molecule has 1 fully saturated rings. The Kier molecular flexibility index (Phi) is 3.29. The molecule has 0 aliphatic carbocycles. The number of aromatic nitrogens is 2. The molecule has 0 aromatic carbocycles. The third-order valence-corrected chi connectivity index (χ3v) is 2.95. The number of nitrogens with zero attached hydrogens (tertiary/aromatic N) is 3. The number of nitrogens with one attached hydrogen (secondary N) is 1. The van der Waals surface area contributed by atoms with Crippen molar-refractivity contribution in [3.63, 3.8) is 0 Å². The van der Waals surface area contributed by atoms with Crippen molar-refractivity contribution in [3.8, 4) is 0 Å². The van der Waals surface area contributed by atoms with Crippen molar-refractivity contribution in [2.75, 3.05) is 25.5 Å². The van der Waals surface area contributed by atoms with E-state index in [1.807, 2.05) is 13.0 Å². The van der Waals surface area contributed by atoms with Gasteiger partial charge in [0.2, 0.25) is 5.95 Å². The molecule has 0 spiro atoms. The van der Waals surface area contributed by atoms with Crippen molar-refractivity contribution < 1.29 is 0 Å². The normalized spacial score (nSPS) is 21.2. The highest BCUT2D eigenvalue weighted by Gasteiger charge is 2.20. The second-order valence-corrected chi connectivity index (χ2v) is 4.54. The topological polar surface area (TPSA) is 33.1 Å². The quantitative estimate of drug-likeness (QED) is 0.781. The van der Waals surface area contributed by atoms with Crippen LogP contribution in [0.1, 0.15) is 12.1 Å². The molecule has 2 heterocycles. The Morgan fingerprint density at radius 2 is 2.50 bits per heavy atom. The fraction of sp³-hybridized carbons (Fsp3) is 0.583. The van der Waals surface area contributed by atoms with Crippen LogP contribution >= 0.6 is 0 Å². The van der Waals surface area contributed by atoms with E-state index >= 15 is 0 Å². The molecule has 1 unspecified atom stereocenters. The zero-order valence-electron chi connectivity index (χ0n) is 10.1. The van der Waals surface area contributed by atoms with Gasteiger partial charge in [0.25, 0.3) is 0 Å². The molecule has 1 saturated heterocycles. The molecule has 1 aliphatic rings. The van der Waals surface area contributed by atoms with Gasteiger partial charge in [-0.15, -0.1) is 6.58 Å². The second-order valence-electron chi connectivity index (χ2n) is 4.54. The molecular weight excluding hydrogens is 200 g/mol. The van der Waals surface area contributed by atoms with Crippen LogP contribution in [-0.4, -0.2) is 40.6 Å². The first-order chi connectivity index (χ1) is 7.69. The fourth-order valence-corrected chi connectivity index (χ4v) is 2.18. The molecule has 1 aliphatic heterocycles. The fourth-order valence-electron chi connectivity index (χ4n) is 2.18. The van der Waals surface area contributed by atoms with E-state index in [4.69, 9.17) is 0 Å². The van der Waals surface area contributed by atoms with Gasteiger partial charge in [-0.1, -0.05) is 6.08 Å². The maximum atomic E-state index is 4.50. The third-order valence-electron chi connectivity index (χ3n) is 2.95. The van der Waals surface area contributed by atoms with Gasteiger partial charge in [0.15, 0.2) is 0 Å². The van der Waals surface area contributed by atoms with Gasteiger partial charge in [-0.2, -0.15) is 0 Å². The highest BCUT2D eigenvalue weighted by molar-refractivity contribution is 5.31. The molecular formula is C12H20N4. The summed E-state index contributed by atoms with van der Waals surface area (Å²) in [5.74, 6) is 0.970. The van der Waals surface area contributed by atoms with E-state index in [9.17, 15) is 0 Å². The van der Waals surface area contributed by atoms with Crippen molar-refractivity contribution in [3.05, 3.63) is 24.5 Å². The van der Waals surface area contributed by atoms with Crippen LogP contribution < -0.4 is 5.32 Å². The summed E-state index contributed by atoms with van der Waals surface area (Å²) < 4.78 is 2.11. The summed E-state index contributed by atoms with van der Waals surface area (Å²) in [6.07, 6.45) is 5.15. The van der Waals surface area contributed by atoms with Crippen LogP contribution in [0.15, 0.2) is 18.9 Å². The van der Waals surface area contributed by atoms with E-state index < -0.39 is 0 Å². The van der Waals surface area contributed by atoms with E-state index in [-0.39, 0.29) is 0 Å². The Labute approximate surface area is 97.0 Å². The van der Waals surface area contributed by atoms with Crippen LogP contribution in [0.25, 0.3) is 0 Å². The average molecular weight is 220 g/mol. The minimum atomic E-state index is 0.523. The van der Waals surface area contributed by atoms with Gasteiger partial charge in [-0.05, 0) is 26.9 Å². The Bertz CT molecular complexity index is 369. The summed E-state index contributed by atoms with van der Waals surface area (Å²) in [6, 6.07) is 0.523. The number of anilines is 1. The van der Waals surface area contributed by atoms with E-state index in [2.05, 4.69) is 39.6 Å². The lowest BCUT2D eigenvalue weighted by molar-refractivity contribution is 0.413. The van der Waals surface area contributed by atoms with Crippen molar-refractivity contribution in [1.82, 2.24) is 14.5 Å². The van der Waals surface area contributed by atoms with Crippen molar-refractivity contribution in [2.24, 2.45) is 0 Å². The molecule has 4 heteroatoms. The third kappa shape index (κ3) is 2.44. The molecule has 0 saturated carbocycles. The van der Waals surface area contributed by atoms with E-state index in [1.54, 1.807) is 0 Å². The van der Waals surface area contributed by atoms with Gasteiger partial charge in [0.1, 0.15) is 0 Å². The maximum absolute atomic E-state index is 4.50. The standard InChI is InChI=1S/C12H20N4/c1-4-6-16-8-10(2)13-12(16)14-11-5-7-15(3)9-11/h4,8,11H,1,5-7,9H2,2-3H3,(H,13,14). The Morgan fingerprint density at radius 1 is 1.69 bits per heavy atom. The molecule has 1 aromatic rings. The molecule has 4 nitrogen and oxygen atoms in total. The largest absolute Gasteiger partial charge is 0.352 e. The lowest BCUT2D eigenvalue weighted by Crippen LogP contribution is -2.25. The van der Waals surface area contributed by atoms with E-state index in [0.717, 1.165) is 24.7 Å². The van der Waals surface area contributed by atoms with E-state index in [1.165, 1.54) is 13.0 Å². The SMILES string of the molecule is C=CCn1cc(C)nc1NC1CCN(C)C1. The lowest BCUT2D eigenvalue weighted by atomic mass is 10.3. The van der Waals surface area contributed by atoms with Gasteiger partial charge in [0.05, 0.1) is 5.69 Å². The van der Waals surface area contributed by atoms with Crippen LogP contribution in [-0.2, 0) is 6.54 Å². The number of rotatable bonds is 4. The van der Waals surface area contributed by atoms with Crippen LogP contribution in [0.4, 0.5) is 5.95 Å². The van der Waals surface area contributed by atoms with Crippen LogP contribution in [0.3, 0.4) is 0 Å². The number of aryl methyl sites for hydroxylation is 1. The predicted molar refractivity (Wildman–Crippen MR) is 66.7 cm³/mol. The Hall–Kier alpha value is -1.29. The highest BCUT2D eigenvalue weighted by Crippen LogP contribution is 2.15. The summed E-state index contributed by atoms with van der Waals surface area (Å²) >= 11 is 0. The van der Waals surface area contributed by atoms with Gasteiger partial charge in [0, 0.05) is 25.3 Å². The zero-order chi connectivity index (χ0) is 11.5. The number of allylic oxidation sites excluding steroid dienone is 1. The number of likely N-dealkylation sites (N-methyl/N-ethyl adjacent to an activating group) is 1. The summed E-state index contributed by atoms with van der Waals surface area (Å²) in [5, 5.41) is 3.51. The van der Waals surface area contributed by atoms with Crippen molar-refractivity contribution >= 4 is 5.95 Å². The van der Waals surface area contributed by atoms with Gasteiger partial charge < -0.3 is 14.8 Å². The first kappa shape index (κ1) is 11.2. The molecule has 1 aromatic heterocycles. The molecule has 0 bridgehead atoms. The predicted octanol–water partition coefficient (Wildman–Crippen LogP) is 1.49. The monoisotopic (exact) mass is 220 g/mol. The van der Waals surface area contributed by atoms with Crippen molar-refractivity contribution in [2.45, 2.75) is 25.9 Å². The smallest absolute Gasteiger partial charge is 0.203 e. The number of imidazole rings is 1. The number of hydrogen-bond acceptors (Lipinski definition) is 3. The molecule has 0 amide bonds. The number of likely N-dealkylation sites (tertiary alicyclic amines) is 1. The molecule has 2 rings (SSSR count). The molecule has 1 N–H and O–H groups in total. The lowest BCUT2D eigenvalue weighted by Gasteiger charge is -2.14. The first-order valence-corrected chi connectivity index (χ1v) is 5.79. The van der Waals surface area contributed by atoms with E-state index in [0.29, 0.717) is 6.04 Å². The van der Waals surface area contributed by atoms with Gasteiger partial charge >= 0.3 is 0 Å².